The normalized spacial score (nSPS) is 31.6. The number of benzene rings is 1. The van der Waals surface area contributed by atoms with E-state index in [1.807, 2.05) is 0 Å². The maximum absolute atomic E-state index is 14.1. The zero-order valence-corrected chi connectivity index (χ0v) is 12.8. The van der Waals surface area contributed by atoms with Gasteiger partial charge in [0.25, 0.3) is 0 Å². The Morgan fingerprint density at radius 1 is 1.25 bits per heavy atom. The largest absolute Gasteiger partial charge is 0.386 e. The van der Waals surface area contributed by atoms with Crippen molar-refractivity contribution in [3.8, 4) is 0 Å². The van der Waals surface area contributed by atoms with Gasteiger partial charge in [0.15, 0.2) is 9.84 Å². The summed E-state index contributed by atoms with van der Waals surface area (Å²) in [4.78, 5) is 4.35. The smallest absolute Gasteiger partial charge is 0.167 e. The molecule has 2 N–H and O–H groups in total. The van der Waals surface area contributed by atoms with E-state index in [0.717, 1.165) is 0 Å². The van der Waals surface area contributed by atoms with Crippen LogP contribution in [0.5, 0.6) is 0 Å². The summed E-state index contributed by atoms with van der Waals surface area (Å²) >= 11 is 0. The molecule has 1 heterocycles. The second-order valence-corrected chi connectivity index (χ2v) is 8.64. The molecule has 0 spiro atoms. The molecule has 20 heavy (non-hydrogen) atoms. The minimum absolute atomic E-state index is 0.0151. The van der Waals surface area contributed by atoms with Crippen LogP contribution < -0.4 is 5.73 Å². The lowest BCUT2D eigenvalue weighted by Gasteiger charge is -2.42. The summed E-state index contributed by atoms with van der Waals surface area (Å²) in [6, 6.07) is 6.07. The third-order valence-electron chi connectivity index (χ3n) is 4.36. The van der Waals surface area contributed by atoms with Crippen LogP contribution in [-0.2, 0) is 15.4 Å². The van der Waals surface area contributed by atoms with Gasteiger partial charge in [0.2, 0.25) is 0 Å². The maximum Gasteiger partial charge on any atom is 0.167 e. The minimum atomic E-state index is -3.58. The lowest BCUT2D eigenvalue weighted by Crippen LogP contribution is -2.59. The fraction of sp³-hybridized carbons (Fsp3) is 0.500. The average Bonchev–Trinajstić information content (AvgIpc) is 2.36. The number of halogens is 1. The summed E-state index contributed by atoms with van der Waals surface area (Å²) in [5, 5.41) is -0.866. The highest BCUT2D eigenvalue weighted by Gasteiger charge is 2.54. The molecule has 2 unspecified atom stereocenters. The Kier molecular flexibility index (Phi) is 3.20. The van der Waals surface area contributed by atoms with Crippen LogP contribution in [-0.4, -0.2) is 24.3 Å². The molecule has 2 rings (SSSR count). The van der Waals surface area contributed by atoms with Crippen molar-refractivity contribution in [3.63, 3.8) is 0 Å². The van der Waals surface area contributed by atoms with Gasteiger partial charge in [0, 0.05) is 5.56 Å². The molecule has 1 aromatic rings. The Labute approximate surface area is 118 Å². The molecule has 110 valence electrons. The number of hydrogen-bond donors (Lipinski definition) is 1. The van der Waals surface area contributed by atoms with Gasteiger partial charge in [0.1, 0.15) is 21.9 Å². The second-order valence-electron chi connectivity index (χ2n) is 5.82. The van der Waals surface area contributed by atoms with Crippen molar-refractivity contribution in [1.29, 1.82) is 0 Å². The first kappa shape index (κ1) is 15.0. The molecule has 2 atom stereocenters. The molecule has 1 aromatic carbocycles. The van der Waals surface area contributed by atoms with Gasteiger partial charge in [-0.25, -0.2) is 12.8 Å². The predicted octanol–water partition coefficient (Wildman–Crippen LogP) is 1.99. The fourth-order valence-electron chi connectivity index (χ4n) is 2.52. The molecule has 4 nitrogen and oxygen atoms in total. The van der Waals surface area contributed by atoms with E-state index in [1.54, 1.807) is 32.0 Å². The number of sulfone groups is 1. The Bertz CT molecular complexity index is 682. The number of amidine groups is 1. The van der Waals surface area contributed by atoms with Gasteiger partial charge in [-0.2, -0.15) is 0 Å². The summed E-state index contributed by atoms with van der Waals surface area (Å²) in [7, 11) is -3.58. The molecule has 0 saturated carbocycles. The van der Waals surface area contributed by atoms with Crippen LogP contribution in [0.4, 0.5) is 4.39 Å². The summed E-state index contributed by atoms with van der Waals surface area (Å²) in [6.45, 7) is 6.21. The van der Waals surface area contributed by atoms with Crippen LogP contribution >= 0.6 is 0 Å². The highest BCUT2D eigenvalue weighted by Crippen LogP contribution is 2.42. The van der Waals surface area contributed by atoms with Gasteiger partial charge >= 0.3 is 0 Å². The third-order valence-corrected chi connectivity index (χ3v) is 7.38. The highest BCUT2D eigenvalue weighted by molar-refractivity contribution is 7.94. The van der Waals surface area contributed by atoms with Gasteiger partial charge in [-0.05, 0) is 33.8 Å². The Balaban J connectivity index is 2.76. The highest BCUT2D eigenvalue weighted by atomic mass is 32.2. The van der Waals surface area contributed by atoms with Crippen molar-refractivity contribution in [3.05, 3.63) is 35.6 Å². The van der Waals surface area contributed by atoms with Crippen molar-refractivity contribution in [2.75, 3.05) is 0 Å². The first-order chi connectivity index (χ1) is 9.05. The predicted molar refractivity (Wildman–Crippen MR) is 77.8 cm³/mol. The average molecular weight is 298 g/mol. The first-order valence-electron chi connectivity index (χ1n) is 6.39. The van der Waals surface area contributed by atoms with E-state index < -0.39 is 31.2 Å². The quantitative estimate of drug-likeness (QED) is 0.862. The molecular formula is C14H19FN2O2S. The number of aliphatic imine (C=N–C) groups is 1. The molecule has 0 fully saturated rings. The lowest BCUT2D eigenvalue weighted by molar-refractivity contribution is 0.421. The third kappa shape index (κ3) is 1.78. The number of nitrogens with two attached hydrogens (primary N) is 1. The Hall–Kier alpha value is -1.43. The summed E-state index contributed by atoms with van der Waals surface area (Å²) in [5.74, 6) is -0.463. The summed E-state index contributed by atoms with van der Waals surface area (Å²) in [5.41, 5.74) is 4.89. The van der Waals surface area contributed by atoms with Crippen molar-refractivity contribution in [2.24, 2.45) is 10.7 Å². The van der Waals surface area contributed by atoms with Crippen molar-refractivity contribution in [1.82, 2.24) is 0 Å². The zero-order valence-electron chi connectivity index (χ0n) is 12.0. The zero-order chi connectivity index (χ0) is 15.3. The number of hydrogen-bond acceptors (Lipinski definition) is 4. The molecule has 1 aliphatic heterocycles. The van der Waals surface area contributed by atoms with Crippen molar-refractivity contribution in [2.45, 2.75) is 43.2 Å². The monoisotopic (exact) mass is 298 g/mol. The van der Waals surface area contributed by atoms with Crippen LogP contribution in [0, 0.1) is 5.82 Å². The second kappa shape index (κ2) is 4.28. The van der Waals surface area contributed by atoms with Crippen LogP contribution in [0.15, 0.2) is 29.3 Å². The summed E-state index contributed by atoms with van der Waals surface area (Å²) < 4.78 is 38.1. The Morgan fingerprint density at radius 3 is 2.35 bits per heavy atom. The molecule has 0 aliphatic carbocycles. The van der Waals surface area contributed by atoms with E-state index in [-0.39, 0.29) is 11.4 Å². The lowest BCUT2D eigenvalue weighted by atomic mass is 9.88. The van der Waals surface area contributed by atoms with Gasteiger partial charge in [-0.1, -0.05) is 18.2 Å². The van der Waals surface area contributed by atoms with E-state index in [0.29, 0.717) is 0 Å². The van der Waals surface area contributed by atoms with Crippen molar-refractivity contribution >= 4 is 15.7 Å². The maximum atomic E-state index is 14.1. The number of rotatable bonds is 1. The molecule has 0 saturated heterocycles. The minimum Gasteiger partial charge on any atom is -0.386 e. The van der Waals surface area contributed by atoms with E-state index in [4.69, 9.17) is 5.73 Å². The van der Waals surface area contributed by atoms with E-state index in [1.165, 1.54) is 19.9 Å². The van der Waals surface area contributed by atoms with E-state index in [2.05, 4.69) is 4.99 Å². The first-order valence-corrected chi connectivity index (χ1v) is 7.94. The van der Waals surface area contributed by atoms with E-state index in [9.17, 15) is 12.8 Å². The fourth-order valence-corrected chi connectivity index (χ4v) is 4.52. The van der Waals surface area contributed by atoms with Crippen LogP contribution in [0.3, 0.4) is 0 Å². The summed E-state index contributed by atoms with van der Waals surface area (Å²) in [6.07, 6.45) is 0. The molecule has 0 aromatic heterocycles. The molecule has 0 amide bonds. The van der Waals surface area contributed by atoms with Gasteiger partial charge < -0.3 is 5.73 Å². The van der Waals surface area contributed by atoms with Crippen LogP contribution in [0.25, 0.3) is 0 Å². The molecular weight excluding hydrogens is 279 g/mol. The molecule has 1 aliphatic rings. The van der Waals surface area contributed by atoms with Crippen LogP contribution in [0.2, 0.25) is 0 Å². The molecule has 0 bridgehead atoms. The number of nitrogens with zero attached hydrogens (tertiary/aromatic N) is 1. The van der Waals surface area contributed by atoms with Gasteiger partial charge in [0.05, 0.1) is 5.25 Å². The SMILES string of the molecule is CC1C(C)(c2ccccc2F)N=C(N)C(C)(C)S1(=O)=O. The van der Waals surface area contributed by atoms with Crippen LogP contribution in [0.1, 0.15) is 33.3 Å². The van der Waals surface area contributed by atoms with Crippen molar-refractivity contribution < 1.29 is 12.8 Å². The van der Waals surface area contributed by atoms with Gasteiger partial charge in [-0.15, -0.1) is 0 Å². The standard InChI is InChI=1S/C14H19FN2O2S/c1-9-14(4,10-7-5-6-8-11(10)15)17-12(16)13(2,3)20(9,18)19/h5-9H,1-4H3,(H2,16,17). The molecule has 0 radical (unpaired) electrons. The topological polar surface area (TPSA) is 72.5 Å². The molecule has 6 heteroatoms. The van der Waals surface area contributed by atoms with Gasteiger partial charge in [-0.3, -0.25) is 4.99 Å². The Morgan fingerprint density at radius 2 is 1.80 bits per heavy atom. The van der Waals surface area contributed by atoms with E-state index >= 15 is 0 Å².